The van der Waals surface area contributed by atoms with E-state index in [0.29, 0.717) is 34.3 Å². The van der Waals surface area contributed by atoms with Crippen LogP contribution in [-0.2, 0) is 17.3 Å². The lowest BCUT2D eigenvalue weighted by molar-refractivity contribution is -0.114. The number of hydrogen-bond acceptors (Lipinski definition) is 8. The summed E-state index contributed by atoms with van der Waals surface area (Å²) in [6.07, 6.45) is 1.58. The first-order chi connectivity index (χ1) is 14.5. The molecular weight excluding hydrogens is 424 g/mol. The zero-order valence-electron chi connectivity index (χ0n) is 17.8. The van der Waals surface area contributed by atoms with Crippen LogP contribution in [0.5, 0.6) is 0 Å². The molecule has 0 spiro atoms. The molecule has 0 aliphatic carbocycles. The van der Waals surface area contributed by atoms with Gasteiger partial charge in [-0.15, -0.1) is 11.3 Å². The number of carbonyl (C=O) groups is 1. The first-order valence-electron chi connectivity index (χ1n) is 9.39. The first kappa shape index (κ1) is 22.6. The smallest absolute Gasteiger partial charge is 0.303 e. The topological polar surface area (TPSA) is 95.9 Å². The third-order valence-corrected chi connectivity index (χ3v) is 4.90. The average Bonchev–Trinajstić information content (AvgIpc) is 3.07. The fourth-order valence-corrected chi connectivity index (χ4v) is 3.61. The van der Waals surface area contributed by atoms with Gasteiger partial charge in [0.25, 0.3) is 0 Å². The number of nitrogens with zero attached hydrogens (tertiary/aromatic N) is 5. The van der Waals surface area contributed by atoms with Crippen molar-refractivity contribution < 1.29 is 13.6 Å². The summed E-state index contributed by atoms with van der Waals surface area (Å²) in [5, 5.41) is 8.34. The number of hydrogen-bond donors (Lipinski definition) is 2. The number of thiazole rings is 1. The maximum Gasteiger partial charge on any atom is 0.303 e. The van der Waals surface area contributed by atoms with E-state index in [1.165, 1.54) is 18.3 Å². The van der Waals surface area contributed by atoms with Gasteiger partial charge in [0.05, 0.1) is 16.9 Å². The summed E-state index contributed by atoms with van der Waals surface area (Å²) in [5.41, 5.74) is 2.47. The van der Waals surface area contributed by atoms with Gasteiger partial charge < -0.3 is 15.5 Å². The van der Waals surface area contributed by atoms with Gasteiger partial charge in [0.15, 0.2) is 0 Å². The van der Waals surface area contributed by atoms with E-state index < -0.39 is 11.7 Å². The van der Waals surface area contributed by atoms with Crippen LogP contribution in [0, 0.1) is 6.92 Å². The largest absolute Gasteiger partial charge is 0.339 e. The second-order valence-electron chi connectivity index (χ2n) is 7.41. The Hall–Kier alpha value is -3.05. The SMILES string of the molecule is CC(=O)Nc1cc(Nc2cc(C)nc(C(C)(F)F)n2)c(-c2nc(CN(C)C)cs2)cn1. The van der Waals surface area contributed by atoms with Crippen molar-refractivity contribution in [2.24, 2.45) is 0 Å². The molecule has 0 atom stereocenters. The highest BCUT2D eigenvalue weighted by Crippen LogP contribution is 2.34. The van der Waals surface area contributed by atoms with Gasteiger partial charge in [-0.05, 0) is 21.0 Å². The Morgan fingerprint density at radius 2 is 1.94 bits per heavy atom. The van der Waals surface area contributed by atoms with E-state index in [1.54, 1.807) is 25.3 Å². The number of nitrogens with one attached hydrogen (secondary N) is 2. The summed E-state index contributed by atoms with van der Waals surface area (Å²) in [7, 11) is 3.91. The molecule has 0 unspecified atom stereocenters. The van der Waals surface area contributed by atoms with E-state index in [1.807, 2.05) is 24.4 Å². The zero-order chi connectivity index (χ0) is 22.8. The quantitative estimate of drug-likeness (QED) is 0.561. The molecule has 3 aromatic rings. The molecule has 3 aromatic heterocycles. The van der Waals surface area contributed by atoms with Crippen molar-refractivity contribution in [2.75, 3.05) is 24.7 Å². The molecule has 2 N–H and O–H groups in total. The summed E-state index contributed by atoms with van der Waals surface area (Å²) in [6.45, 7) is 4.42. The Kier molecular flexibility index (Phi) is 6.56. The number of aromatic nitrogens is 4. The molecule has 11 heteroatoms. The summed E-state index contributed by atoms with van der Waals surface area (Å²) in [5.74, 6) is -3.51. The Labute approximate surface area is 182 Å². The van der Waals surface area contributed by atoms with Gasteiger partial charge in [-0.2, -0.15) is 8.78 Å². The standard InChI is InChI=1S/C20H23F2N7OS/c1-11-6-17(28-19(24-11)20(3,21)22)27-15-7-16(25-12(2)30)23-8-14(15)18-26-13(10-31-18)9-29(4)5/h6-8,10H,9H2,1-5H3,(H2,23,24,25,27,28,30). The fraction of sp³-hybridized carbons (Fsp3) is 0.350. The molecule has 0 bridgehead atoms. The minimum absolute atomic E-state index is 0.204. The van der Waals surface area contributed by atoms with Gasteiger partial charge in [0, 0.05) is 49.8 Å². The van der Waals surface area contributed by atoms with E-state index in [9.17, 15) is 13.6 Å². The van der Waals surface area contributed by atoms with Gasteiger partial charge in [0.2, 0.25) is 11.7 Å². The van der Waals surface area contributed by atoms with E-state index >= 15 is 0 Å². The lowest BCUT2D eigenvalue weighted by atomic mass is 10.2. The molecule has 8 nitrogen and oxygen atoms in total. The van der Waals surface area contributed by atoms with Crippen LogP contribution in [0.1, 0.15) is 31.1 Å². The number of alkyl halides is 2. The van der Waals surface area contributed by atoms with Gasteiger partial charge in [-0.1, -0.05) is 0 Å². The van der Waals surface area contributed by atoms with Crippen molar-refractivity contribution >= 4 is 34.6 Å². The normalized spacial score (nSPS) is 11.6. The molecule has 3 heterocycles. The molecule has 0 saturated carbocycles. The highest BCUT2D eigenvalue weighted by molar-refractivity contribution is 7.13. The van der Waals surface area contributed by atoms with Crippen molar-refractivity contribution in [2.45, 2.75) is 33.2 Å². The van der Waals surface area contributed by atoms with Gasteiger partial charge in [0.1, 0.15) is 16.6 Å². The van der Waals surface area contributed by atoms with E-state index in [2.05, 4.69) is 30.6 Å². The summed E-state index contributed by atoms with van der Waals surface area (Å²) in [4.78, 5) is 30.2. The maximum absolute atomic E-state index is 13.8. The van der Waals surface area contributed by atoms with Crippen LogP contribution in [0.3, 0.4) is 0 Å². The van der Waals surface area contributed by atoms with Crippen molar-refractivity contribution in [1.29, 1.82) is 0 Å². The number of aryl methyl sites for hydroxylation is 1. The Morgan fingerprint density at radius 1 is 1.19 bits per heavy atom. The Balaban J connectivity index is 2.03. The molecule has 0 aliphatic heterocycles. The van der Waals surface area contributed by atoms with Crippen molar-refractivity contribution in [3.05, 3.63) is 40.9 Å². The minimum Gasteiger partial charge on any atom is -0.339 e. The molecule has 3 rings (SSSR count). The van der Waals surface area contributed by atoms with E-state index in [-0.39, 0.29) is 11.7 Å². The van der Waals surface area contributed by atoms with Gasteiger partial charge in [-0.25, -0.2) is 19.9 Å². The first-order valence-corrected chi connectivity index (χ1v) is 10.3. The molecule has 1 amide bonds. The fourth-order valence-electron chi connectivity index (χ4n) is 2.77. The predicted molar refractivity (Wildman–Crippen MR) is 117 cm³/mol. The van der Waals surface area contributed by atoms with Crippen LogP contribution >= 0.6 is 11.3 Å². The van der Waals surface area contributed by atoms with E-state index in [0.717, 1.165) is 12.6 Å². The van der Waals surface area contributed by atoms with Crippen molar-refractivity contribution in [3.8, 4) is 10.6 Å². The average molecular weight is 448 g/mol. The minimum atomic E-state index is -3.18. The molecular formula is C20H23F2N7OS. The lowest BCUT2D eigenvalue weighted by Crippen LogP contribution is -2.14. The van der Waals surface area contributed by atoms with E-state index in [4.69, 9.17) is 0 Å². The highest BCUT2D eigenvalue weighted by atomic mass is 32.1. The van der Waals surface area contributed by atoms with Crippen molar-refractivity contribution in [3.63, 3.8) is 0 Å². The van der Waals surface area contributed by atoms with Crippen LogP contribution in [0.2, 0.25) is 0 Å². The molecule has 0 radical (unpaired) electrons. The van der Waals surface area contributed by atoms with Crippen LogP contribution < -0.4 is 10.6 Å². The third-order valence-electron chi connectivity index (χ3n) is 3.98. The predicted octanol–water partition coefficient (Wildman–Crippen LogP) is 4.18. The Morgan fingerprint density at radius 3 is 2.58 bits per heavy atom. The molecule has 0 aromatic carbocycles. The molecule has 0 fully saturated rings. The lowest BCUT2D eigenvalue weighted by Gasteiger charge is -2.15. The number of pyridine rings is 1. The number of amides is 1. The summed E-state index contributed by atoms with van der Waals surface area (Å²) >= 11 is 1.44. The zero-order valence-corrected chi connectivity index (χ0v) is 18.6. The molecule has 0 aliphatic rings. The molecule has 31 heavy (non-hydrogen) atoms. The maximum atomic E-state index is 13.8. The number of anilines is 3. The second kappa shape index (κ2) is 8.98. The second-order valence-corrected chi connectivity index (χ2v) is 8.27. The van der Waals surface area contributed by atoms with Gasteiger partial charge in [-0.3, -0.25) is 4.79 Å². The van der Waals surface area contributed by atoms with Crippen LogP contribution in [0.25, 0.3) is 10.6 Å². The summed E-state index contributed by atoms with van der Waals surface area (Å²) < 4.78 is 27.6. The monoisotopic (exact) mass is 447 g/mol. The third kappa shape index (κ3) is 5.98. The van der Waals surface area contributed by atoms with Crippen LogP contribution in [0.15, 0.2) is 23.7 Å². The molecule has 0 saturated heterocycles. The van der Waals surface area contributed by atoms with Crippen molar-refractivity contribution in [1.82, 2.24) is 24.8 Å². The molecule has 164 valence electrons. The number of rotatable bonds is 7. The number of halogens is 2. The highest BCUT2D eigenvalue weighted by Gasteiger charge is 2.29. The van der Waals surface area contributed by atoms with Gasteiger partial charge >= 0.3 is 5.92 Å². The van der Waals surface area contributed by atoms with Crippen LogP contribution in [0.4, 0.5) is 26.1 Å². The summed E-state index contributed by atoms with van der Waals surface area (Å²) in [6, 6.07) is 3.18. The van der Waals surface area contributed by atoms with Crippen LogP contribution in [-0.4, -0.2) is 44.8 Å². The number of carbonyl (C=O) groups excluding carboxylic acids is 1. The Bertz CT molecular complexity index is 1100.